The summed E-state index contributed by atoms with van der Waals surface area (Å²) in [6, 6.07) is 0. The van der Waals surface area contributed by atoms with E-state index in [1.54, 1.807) is 0 Å². The Kier molecular flexibility index (Phi) is 6.47. The Morgan fingerprint density at radius 1 is 1.53 bits per heavy atom. The highest BCUT2D eigenvalue weighted by molar-refractivity contribution is 5.81. The first kappa shape index (κ1) is 14.3. The highest BCUT2D eigenvalue weighted by Crippen LogP contribution is 2.16. The molecule has 0 aliphatic carbocycles. The van der Waals surface area contributed by atoms with Gasteiger partial charge in [0.05, 0.1) is 5.41 Å². The number of nitrogens with one attached hydrogen (secondary N) is 1. The summed E-state index contributed by atoms with van der Waals surface area (Å²) in [5.41, 5.74) is 1.68. The number of aliphatic hydroxyl groups excluding tert-OH is 1. The Labute approximate surface area is 91.6 Å². The largest absolute Gasteiger partial charge is 0.396 e. The third-order valence-corrected chi connectivity index (χ3v) is 2.44. The van der Waals surface area contributed by atoms with Gasteiger partial charge in [0.2, 0.25) is 5.91 Å². The highest BCUT2D eigenvalue weighted by Gasteiger charge is 2.28. The van der Waals surface area contributed by atoms with Gasteiger partial charge >= 0.3 is 0 Å². The summed E-state index contributed by atoms with van der Waals surface area (Å²) in [5.74, 6) is 4.96. The molecule has 0 spiro atoms. The summed E-state index contributed by atoms with van der Waals surface area (Å²) >= 11 is 0. The number of nitrogens with zero attached hydrogens (tertiary/aromatic N) is 1. The molecule has 5 nitrogen and oxygen atoms in total. The first-order valence-corrected chi connectivity index (χ1v) is 5.32. The van der Waals surface area contributed by atoms with Crippen molar-refractivity contribution in [2.45, 2.75) is 27.2 Å². The summed E-state index contributed by atoms with van der Waals surface area (Å²) in [7, 11) is 0. The lowest BCUT2D eigenvalue weighted by Crippen LogP contribution is -2.47. The van der Waals surface area contributed by atoms with Crippen molar-refractivity contribution in [1.29, 1.82) is 0 Å². The van der Waals surface area contributed by atoms with Crippen LogP contribution >= 0.6 is 0 Å². The highest BCUT2D eigenvalue weighted by atomic mass is 16.3. The molecule has 5 heteroatoms. The maximum Gasteiger partial charge on any atom is 0.240 e. The zero-order valence-corrected chi connectivity index (χ0v) is 9.92. The second-order valence-electron chi connectivity index (χ2n) is 4.30. The molecule has 0 heterocycles. The van der Waals surface area contributed by atoms with Gasteiger partial charge in [0.15, 0.2) is 0 Å². The first-order chi connectivity index (χ1) is 6.97. The van der Waals surface area contributed by atoms with E-state index in [1.807, 2.05) is 20.8 Å². The predicted octanol–water partition coefficient (Wildman–Crippen LogP) is -0.293. The Hall–Kier alpha value is -0.650. The number of aliphatic hydroxyl groups is 1. The van der Waals surface area contributed by atoms with Crippen LogP contribution in [0.2, 0.25) is 0 Å². The number of carbonyl (C=O) groups is 1. The minimum Gasteiger partial charge on any atom is -0.396 e. The van der Waals surface area contributed by atoms with Crippen LogP contribution in [0.5, 0.6) is 0 Å². The van der Waals surface area contributed by atoms with Crippen LogP contribution in [0.3, 0.4) is 0 Å². The standard InChI is InChI=1S/C10H23N3O2/c1-4-13(6-5-7-14)8-10(2,3)9(15)12-11/h14H,4-8,11H2,1-3H3,(H,12,15). The van der Waals surface area contributed by atoms with Gasteiger partial charge < -0.3 is 10.0 Å². The molecule has 0 atom stereocenters. The smallest absolute Gasteiger partial charge is 0.240 e. The number of carbonyl (C=O) groups excluding carboxylic acids is 1. The molecule has 90 valence electrons. The molecule has 0 radical (unpaired) electrons. The third kappa shape index (κ3) is 5.11. The molecule has 0 bridgehead atoms. The molecule has 0 aromatic heterocycles. The monoisotopic (exact) mass is 217 g/mol. The van der Waals surface area contributed by atoms with Crippen molar-refractivity contribution in [2.24, 2.45) is 11.3 Å². The summed E-state index contributed by atoms with van der Waals surface area (Å²) in [6.45, 7) is 8.24. The molecular formula is C10H23N3O2. The summed E-state index contributed by atoms with van der Waals surface area (Å²) in [6.07, 6.45) is 0.730. The van der Waals surface area contributed by atoms with E-state index in [1.165, 1.54) is 0 Å². The number of amides is 1. The molecule has 0 saturated carbocycles. The summed E-state index contributed by atoms with van der Waals surface area (Å²) in [5, 5.41) is 8.74. The first-order valence-electron chi connectivity index (χ1n) is 5.32. The van der Waals surface area contributed by atoms with Crippen LogP contribution < -0.4 is 11.3 Å². The Balaban J connectivity index is 4.20. The van der Waals surface area contributed by atoms with Crippen LogP contribution in [0.15, 0.2) is 0 Å². The fourth-order valence-electron chi connectivity index (χ4n) is 1.47. The van der Waals surface area contributed by atoms with Gasteiger partial charge in [-0.1, -0.05) is 6.92 Å². The Morgan fingerprint density at radius 2 is 2.13 bits per heavy atom. The van der Waals surface area contributed by atoms with E-state index in [0.29, 0.717) is 6.54 Å². The number of hydrogen-bond donors (Lipinski definition) is 3. The zero-order valence-electron chi connectivity index (χ0n) is 9.92. The lowest BCUT2D eigenvalue weighted by atomic mass is 9.91. The van der Waals surface area contributed by atoms with Crippen molar-refractivity contribution in [3.63, 3.8) is 0 Å². The van der Waals surface area contributed by atoms with Crippen molar-refractivity contribution >= 4 is 5.91 Å². The summed E-state index contributed by atoms with van der Waals surface area (Å²) in [4.78, 5) is 13.6. The molecule has 4 N–H and O–H groups in total. The molecule has 0 aliphatic rings. The van der Waals surface area contributed by atoms with Gasteiger partial charge in [0.25, 0.3) is 0 Å². The van der Waals surface area contributed by atoms with Gasteiger partial charge in [-0.3, -0.25) is 10.2 Å². The van der Waals surface area contributed by atoms with Crippen LogP contribution in [0, 0.1) is 5.41 Å². The number of nitrogens with two attached hydrogens (primary N) is 1. The van der Waals surface area contributed by atoms with Crippen molar-refractivity contribution < 1.29 is 9.90 Å². The predicted molar refractivity (Wildman–Crippen MR) is 59.9 cm³/mol. The molecule has 0 fully saturated rings. The van der Waals surface area contributed by atoms with Gasteiger partial charge in [-0.15, -0.1) is 0 Å². The summed E-state index contributed by atoms with van der Waals surface area (Å²) < 4.78 is 0. The third-order valence-electron chi connectivity index (χ3n) is 2.44. The van der Waals surface area contributed by atoms with Crippen LogP contribution in [-0.2, 0) is 4.79 Å². The lowest BCUT2D eigenvalue weighted by molar-refractivity contribution is -0.130. The number of hydrogen-bond acceptors (Lipinski definition) is 4. The maximum atomic E-state index is 11.4. The fraction of sp³-hybridized carbons (Fsp3) is 0.900. The molecule has 0 aromatic rings. The quantitative estimate of drug-likeness (QED) is 0.311. The normalized spacial score (nSPS) is 11.9. The van der Waals surface area contributed by atoms with Crippen LogP contribution in [0.4, 0.5) is 0 Å². The van der Waals surface area contributed by atoms with Crippen molar-refractivity contribution in [2.75, 3.05) is 26.2 Å². The van der Waals surface area contributed by atoms with Crippen LogP contribution in [-0.4, -0.2) is 42.2 Å². The SMILES string of the molecule is CCN(CCCO)CC(C)(C)C(=O)NN. The van der Waals surface area contributed by atoms with E-state index >= 15 is 0 Å². The minimum absolute atomic E-state index is 0.162. The van der Waals surface area contributed by atoms with E-state index in [2.05, 4.69) is 10.3 Å². The van der Waals surface area contributed by atoms with Crippen molar-refractivity contribution in [1.82, 2.24) is 10.3 Å². The Bertz CT molecular complexity index is 195. The van der Waals surface area contributed by atoms with Crippen LogP contribution in [0.25, 0.3) is 0 Å². The number of hydrazine groups is 1. The average molecular weight is 217 g/mol. The van der Waals surface area contributed by atoms with Gasteiger partial charge in [0, 0.05) is 19.7 Å². The van der Waals surface area contributed by atoms with E-state index < -0.39 is 5.41 Å². The van der Waals surface area contributed by atoms with E-state index in [4.69, 9.17) is 10.9 Å². The van der Waals surface area contributed by atoms with Gasteiger partial charge in [0.1, 0.15) is 0 Å². The average Bonchev–Trinajstić information content (AvgIpc) is 2.22. The molecule has 0 aliphatic heterocycles. The molecular weight excluding hydrogens is 194 g/mol. The van der Waals surface area contributed by atoms with E-state index in [-0.39, 0.29) is 12.5 Å². The second kappa shape index (κ2) is 6.76. The van der Waals surface area contributed by atoms with Crippen molar-refractivity contribution in [3.8, 4) is 0 Å². The zero-order chi connectivity index (χ0) is 11.9. The molecule has 0 unspecified atom stereocenters. The molecule has 0 rings (SSSR count). The van der Waals surface area contributed by atoms with Gasteiger partial charge in [-0.25, -0.2) is 5.84 Å². The topological polar surface area (TPSA) is 78.6 Å². The van der Waals surface area contributed by atoms with Gasteiger partial charge in [-0.05, 0) is 26.8 Å². The number of rotatable bonds is 7. The van der Waals surface area contributed by atoms with E-state index in [0.717, 1.165) is 19.5 Å². The van der Waals surface area contributed by atoms with Crippen molar-refractivity contribution in [3.05, 3.63) is 0 Å². The van der Waals surface area contributed by atoms with Crippen LogP contribution in [0.1, 0.15) is 27.2 Å². The minimum atomic E-state index is -0.500. The maximum absolute atomic E-state index is 11.4. The van der Waals surface area contributed by atoms with E-state index in [9.17, 15) is 4.79 Å². The molecule has 0 aromatic carbocycles. The second-order valence-corrected chi connectivity index (χ2v) is 4.30. The lowest BCUT2D eigenvalue weighted by Gasteiger charge is -2.30. The molecule has 1 amide bonds. The molecule has 15 heavy (non-hydrogen) atoms. The Morgan fingerprint density at radius 3 is 2.53 bits per heavy atom. The fourth-order valence-corrected chi connectivity index (χ4v) is 1.47. The van der Waals surface area contributed by atoms with Gasteiger partial charge in [-0.2, -0.15) is 0 Å². The molecule has 0 saturated heterocycles.